The Labute approximate surface area is 152 Å². The molecule has 2 aromatic heterocycles. The van der Waals surface area contributed by atoms with Crippen molar-refractivity contribution in [3.05, 3.63) is 60.3 Å². The predicted molar refractivity (Wildman–Crippen MR) is 98.8 cm³/mol. The molecule has 1 aromatic carbocycles. The number of hydrogen-bond acceptors (Lipinski definition) is 6. The van der Waals surface area contributed by atoms with Gasteiger partial charge in [-0.25, -0.2) is 4.98 Å². The van der Waals surface area contributed by atoms with E-state index in [1.165, 1.54) is 5.56 Å². The quantitative estimate of drug-likeness (QED) is 0.735. The van der Waals surface area contributed by atoms with Crippen LogP contribution in [-0.4, -0.2) is 38.2 Å². The maximum absolute atomic E-state index is 5.97. The number of rotatable bonds is 5. The van der Waals surface area contributed by atoms with E-state index in [0.717, 1.165) is 49.6 Å². The SMILES string of the molecule is Nc1cn[nH]c1C1CCN(Cc2ccc(Oc3cnccn3)cc2)CC1. The third kappa shape index (κ3) is 3.83. The lowest BCUT2D eigenvalue weighted by Gasteiger charge is -2.31. The van der Waals surface area contributed by atoms with Crippen LogP contribution in [0.15, 0.2) is 49.1 Å². The predicted octanol–water partition coefficient (Wildman–Crippen LogP) is 2.95. The van der Waals surface area contributed by atoms with Crippen molar-refractivity contribution in [3.63, 3.8) is 0 Å². The molecule has 0 spiro atoms. The fourth-order valence-electron chi connectivity index (χ4n) is 3.39. The van der Waals surface area contributed by atoms with Crippen molar-refractivity contribution in [1.82, 2.24) is 25.1 Å². The lowest BCUT2D eigenvalue weighted by atomic mass is 9.92. The number of aromatic amines is 1. The number of ether oxygens (including phenoxy) is 1. The maximum Gasteiger partial charge on any atom is 0.237 e. The minimum absolute atomic E-state index is 0.483. The van der Waals surface area contributed by atoms with Crippen molar-refractivity contribution in [1.29, 1.82) is 0 Å². The van der Waals surface area contributed by atoms with Gasteiger partial charge in [0.1, 0.15) is 5.75 Å². The number of nitrogen functional groups attached to an aromatic ring is 1. The van der Waals surface area contributed by atoms with E-state index in [1.54, 1.807) is 24.8 Å². The van der Waals surface area contributed by atoms with Crippen LogP contribution in [0.3, 0.4) is 0 Å². The number of likely N-dealkylation sites (tertiary alicyclic amines) is 1. The minimum Gasteiger partial charge on any atom is -0.438 e. The molecule has 1 aliphatic heterocycles. The van der Waals surface area contributed by atoms with E-state index in [0.29, 0.717) is 11.8 Å². The molecule has 0 aliphatic carbocycles. The summed E-state index contributed by atoms with van der Waals surface area (Å²) in [7, 11) is 0. The maximum atomic E-state index is 5.97. The smallest absolute Gasteiger partial charge is 0.237 e. The van der Waals surface area contributed by atoms with E-state index in [2.05, 4.69) is 37.2 Å². The Kier molecular flexibility index (Phi) is 4.79. The van der Waals surface area contributed by atoms with E-state index >= 15 is 0 Å². The Bertz CT molecular complexity index is 825. The number of hydrogen-bond donors (Lipinski definition) is 2. The number of nitrogens with one attached hydrogen (secondary N) is 1. The first-order chi connectivity index (χ1) is 12.8. The van der Waals surface area contributed by atoms with Gasteiger partial charge in [-0.2, -0.15) is 5.10 Å². The summed E-state index contributed by atoms with van der Waals surface area (Å²) in [5.74, 6) is 1.75. The zero-order chi connectivity index (χ0) is 17.8. The molecular weight excluding hydrogens is 328 g/mol. The molecule has 3 N–H and O–H groups in total. The highest BCUT2D eigenvalue weighted by Crippen LogP contribution is 2.30. The number of anilines is 1. The van der Waals surface area contributed by atoms with Gasteiger partial charge < -0.3 is 10.5 Å². The van der Waals surface area contributed by atoms with Gasteiger partial charge >= 0.3 is 0 Å². The lowest BCUT2D eigenvalue weighted by molar-refractivity contribution is 0.203. The number of nitrogens with two attached hydrogens (primary N) is 1. The molecule has 7 heteroatoms. The van der Waals surface area contributed by atoms with E-state index in [1.807, 2.05) is 12.1 Å². The van der Waals surface area contributed by atoms with Crippen molar-refractivity contribution in [2.24, 2.45) is 0 Å². The largest absolute Gasteiger partial charge is 0.438 e. The second-order valence-electron chi connectivity index (χ2n) is 6.58. The highest BCUT2D eigenvalue weighted by molar-refractivity contribution is 5.42. The van der Waals surface area contributed by atoms with Gasteiger partial charge in [-0.1, -0.05) is 12.1 Å². The Morgan fingerprint density at radius 3 is 2.58 bits per heavy atom. The van der Waals surface area contributed by atoms with Gasteiger partial charge in [0, 0.05) is 24.9 Å². The molecule has 0 amide bonds. The Morgan fingerprint density at radius 2 is 1.92 bits per heavy atom. The number of aromatic nitrogens is 4. The third-order valence-corrected chi connectivity index (χ3v) is 4.79. The molecular formula is C19H22N6O. The fourth-order valence-corrected chi connectivity index (χ4v) is 3.39. The van der Waals surface area contributed by atoms with E-state index < -0.39 is 0 Å². The molecule has 3 aromatic rings. The summed E-state index contributed by atoms with van der Waals surface area (Å²) in [5, 5.41) is 7.09. The molecule has 0 atom stereocenters. The molecule has 3 heterocycles. The summed E-state index contributed by atoms with van der Waals surface area (Å²) in [6.45, 7) is 3.05. The number of nitrogens with zero attached hydrogens (tertiary/aromatic N) is 4. The molecule has 1 fully saturated rings. The fraction of sp³-hybridized carbons (Fsp3) is 0.316. The number of benzene rings is 1. The Morgan fingerprint density at radius 1 is 1.12 bits per heavy atom. The normalized spacial score (nSPS) is 15.8. The van der Waals surface area contributed by atoms with Crippen LogP contribution < -0.4 is 10.5 Å². The van der Waals surface area contributed by atoms with Gasteiger partial charge in [0.25, 0.3) is 0 Å². The summed E-state index contributed by atoms with van der Waals surface area (Å²) in [4.78, 5) is 10.6. The molecule has 26 heavy (non-hydrogen) atoms. The van der Waals surface area contributed by atoms with Crippen LogP contribution in [-0.2, 0) is 6.54 Å². The molecule has 7 nitrogen and oxygen atoms in total. The van der Waals surface area contributed by atoms with Gasteiger partial charge in [-0.15, -0.1) is 0 Å². The summed E-state index contributed by atoms with van der Waals surface area (Å²) in [6.07, 6.45) is 8.74. The van der Waals surface area contributed by atoms with Crippen molar-refractivity contribution < 1.29 is 4.74 Å². The van der Waals surface area contributed by atoms with Crippen molar-refractivity contribution in [2.45, 2.75) is 25.3 Å². The average molecular weight is 350 g/mol. The van der Waals surface area contributed by atoms with Crippen molar-refractivity contribution in [2.75, 3.05) is 18.8 Å². The molecule has 0 unspecified atom stereocenters. The first-order valence-electron chi connectivity index (χ1n) is 8.82. The molecule has 1 saturated heterocycles. The topological polar surface area (TPSA) is 93.0 Å². The molecule has 0 saturated carbocycles. The van der Waals surface area contributed by atoms with Crippen LogP contribution in [0.1, 0.15) is 30.0 Å². The summed E-state index contributed by atoms with van der Waals surface area (Å²) >= 11 is 0. The van der Waals surface area contributed by atoms with Crippen molar-refractivity contribution in [3.8, 4) is 11.6 Å². The Hall–Kier alpha value is -2.93. The summed E-state index contributed by atoms with van der Waals surface area (Å²) in [5.41, 5.74) is 9.12. The number of piperidine rings is 1. The number of H-pyrrole nitrogens is 1. The van der Waals surface area contributed by atoms with Gasteiger partial charge in [0.05, 0.1) is 23.8 Å². The minimum atomic E-state index is 0.483. The van der Waals surface area contributed by atoms with E-state index in [9.17, 15) is 0 Å². The second kappa shape index (κ2) is 7.53. The molecule has 0 radical (unpaired) electrons. The van der Waals surface area contributed by atoms with Gasteiger partial charge in [0.2, 0.25) is 5.88 Å². The second-order valence-corrected chi connectivity index (χ2v) is 6.58. The van der Waals surface area contributed by atoms with Gasteiger partial charge in [0.15, 0.2) is 0 Å². The molecule has 4 rings (SSSR count). The molecule has 1 aliphatic rings. The van der Waals surface area contributed by atoms with Crippen LogP contribution in [0, 0.1) is 0 Å². The summed E-state index contributed by atoms with van der Waals surface area (Å²) in [6, 6.07) is 8.15. The molecule has 134 valence electrons. The van der Waals surface area contributed by atoms with E-state index in [-0.39, 0.29) is 0 Å². The zero-order valence-electron chi connectivity index (χ0n) is 14.5. The highest BCUT2D eigenvalue weighted by Gasteiger charge is 2.23. The van der Waals surface area contributed by atoms with Crippen LogP contribution in [0.5, 0.6) is 11.6 Å². The first kappa shape index (κ1) is 16.5. The van der Waals surface area contributed by atoms with Crippen molar-refractivity contribution >= 4 is 5.69 Å². The lowest BCUT2D eigenvalue weighted by Crippen LogP contribution is -2.32. The highest BCUT2D eigenvalue weighted by atomic mass is 16.5. The average Bonchev–Trinajstić information content (AvgIpc) is 3.11. The van der Waals surface area contributed by atoms with Crippen LogP contribution in [0.4, 0.5) is 5.69 Å². The van der Waals surface area contributed by atoms with Crippen LogP contribution in [0.25, 0.3) is 0 Å². The monoisotopic (exact) mass is 350 g/mol. The van der Waals surface area contributed by atoms with Crippen LogP contribution >= 0.6 is 0 Å². The summed E-state index contributed by atoms with van der Waals surface area (Å²) < 4.78 is 5.68. The third-order valence-electron chi connectivity index (χ3n) is 4.79. The van der Waals surface area contributed by atoms with Gasteiger partial charge in [-0.05, 0) is 43.6 Å². The zero-order valence-corrected chi connectivity index (χ0v) is 14.5. The standard InChI is InChI=1S/C19H22N6O/c20-17-11-23-24-19(17)15-5-9-25(10-6-15)13-14-1-3-16(4-2-14)26-18-12-21-7-8-22-18/h1-4,7-8,11-12,15H,5-6,9-10,13,20H2,(H,23,24). The first-order valence-corrected chi connectivity index (χ1v) is 8.82. The van der Waals surface area contributed by atoms with Crippen LogP contribution in [0.2, 0.25) is 0 Å². The molecule has 0 bridgehead atoms. The van der Waals surface area contributed by atoms with Gasteiger partial charge in [-0.3, -0.25) is 15.0 Å². The Balaban J connectivity index is 1.30. The van der Waals surface area contributed by atoms with E-state index in [4.69, 9.17) is 10.5 Å².